The van der Waals surface area contributed by atoms with Crippen LogP contribution in [0.25, 0.3) is 0 Å². The normalized spacial score (nSPS) is 16.7. The first-order chi connectivity index (χ1) is 10.0. The zero-order chi connectivity index (χ0) is 15.2. The predicted octanol–water partition coefficient (Wildman–Crippen LogP) is 4.15. The molecule has 2 rings (SSSR count). The Kier molecular flexibility index (Phi) is 8.47. The fraction of sp³-hybridized carbons (Fsp3) is 0.600. The van der Waals surface area contributed by atoms with Crippen molar-refractivity contribution in [3.05, 3.63) is 28.0 Å². The molecular weight excluding hydrogens is 347 g/mol. The van der Waals surface area contributed by atoms with Crippen molar-refractivity contribution < 1.29 is 9.53 Å². The number of rotatable bonds is 5. The number of ether oxygens (including phenoxy) is 1. The van der Waals surface area contributed by atoms with Gasteiger partial charge in [-0.05, 0) is 30.0 Å². The molecule has 7 heteroatoms. The monoisotopic (exact) mass is 366 g/mol. The van der Waals surface area contributed by atoms with Gasteiger partial charge in [0.25, 0.3) is 0 Å². The van der Waals surface area contributed by atoms with Gasteiger partial charge < -0.3 is 10.5 Å². The van der Waals surface area contributed by atoms with E-state index in [2.05, 4.69) is 4.98 Å². The standard InChI is InChI=1S/C15H20Cl2N2O2.ClH/c16-13-7-11(8-14(17)19-13)9-21-15(20)12(18)6-10-4-2-1-3-5-10;/h7-8,10,12H,1-6,9,18H2;1H/t12-;/m0./s1. The zero-order valence-corrected chi connectivity index (χ0v) is 14.6. The second-order valence-electron chi connectivity index (χ2n) is 5.57. The molecule has 1 aromatic heterocycles. The number of nitrogens with two attached hydrogens (primary N) is 1. The second kappa shape index (κ2) is 9.56. The number of aromatic nitrogens is 1. The van der Waals surface area contributed by atoms with E-state index in [1.54, 1.807) is 12.1 Å². The highest BCUT2D eigenvalue weighted by atomic mass is 35.5. The van der Waals surface area contributed by atoms with Crippen molar-refractivity contribution in [2.24, 2.45) is 11.7 Å². The molecule has 1 atom stereocenters. The van der Waals surface area contributed by atoms with Crippen molar-refractivity contribution in [1.29, 1.82) is 0 Å². The van der Waals surface area contributed by atoms with Gasteiger partial charge in [-0.25, -0.2) is 4.98 Å². The van der Waals surface area contributed by atoms with Crippen molar-refractivity contribution in [2.45, 2.75) is 51.2 Å². The third-order valence-corrected chi connectivity index (χ3v) is 4.21. The number of pyridine rings is 1. The lowest BCUT2D eigenvalue weighted by Crippen LogP contribution is -2.34. The predicted molar refractivity (Wildman–Crippen MR) is 90.5 cm³/mol. The van der Waals surface area contributed by atoms with Gasteiger partial charge in [0, 0.05) is 0 Å². The van der Waals surface area contributed by atoms with E-state index in [0.717, 1.165) is 12.8 Å². The van der Waals surface area contributed by atoms with Gasteiger partial charge >= 0.3 is 5.97 Å². The molecule has 0 aliphatic heterocycles. The summed E-state index contributed by atoms with van der Waals surface area (Å²) in [7, 11) is 0. The molecule has 2 N–H and O–H groups in total. The summed E-state index contributed by atoms with van der Waals surface area (Å²) in [5.74, 6) is 0.177. The molecule has 1 aliphatic carbocycles. The Morgan fingerprint density at radius 3 is 2.45 bits per heavy atom. The number of esters is 1. The first-order valence-corrected chi connectivity index (χ1v) is 8.04. The zero-order valence-electron chi connectivity index (χ0n) is 12.3. The molecule has 124 valence electrons. The first-order valence-electron chi connectivity index (χ1n) is 7.29. The van der Waals surface area contributed by atoms with E-state index in [-0.39, 0.29) is 35.3 Å². The summed E-state index contributed by atoms with van der Waals surface area (Å²) in [5, 5.41) is 0.556. The molecule has 22 heavy (non-hydrogen) atoms. The molecule has 0 unspecified atom stereocenters. The highest BCUT2D eigenvalue weighted by Crippen LogP contribution is 2.27. The number of carbonyl (C=O) groups is 1. The molecule has 0 spiro atoms. The van der Waals surface area contributed by atoms with Crippen LogP contribution in [-0.2, 0) is 16.1 Å². The summed E-state index contributed by atoms with van der Waals surface area (Å²) in [5.41, 5.74) is 6.64. The van der Waals surface area contributed by atoms with Crippen LogP contribution >= 0.6 is 35.6 Å². The van der Waals surface area contributed by atoms with Crippen molar-refractivity contribution in [3.63, 3.8) is 0 Å². The van der Waals surface area contributed by atoms with Gasteiger partial charge in [-0.15, -0.1) is 12.4 Å². The Bertz CT molecular complexity index is 473. The van der Waals surface area contributed by atoms with Gasteiger partial charge in [0.15, 0.2) is 0 Å². The second-order valence-corrected chi connectivity index (χ2v) is 6.35. The molecule has 1 fully saturated rings. The molecular formula is C15H21Cl3N2O2. The third-order valence-electron chi connectivity index (χ3n) is 3.82. The van der Waals surface area contributed by atoms with Crippen molar-refractivity contribution in [2.75, 3.05) is 0 Å². The molecule has 0 radical (unpaired) electrons. The van der Waals surface area contributed by atoms with Crippen molar-refractivity contribution in [3.8, 4) is 0 Å². The van der Waals surface area contributed by atoms with Crippen LogP contribution in [-0.4, -0.2) is 17.0 Å². The molecule has 0 aromatic carbocycles. The summed E-state index contributed by atoms with van der Waals surface area (Å²) in [6.45, 7) is 0.110. The number of nitrogens with zero attached hydrogens (tertiary/aromatic N) is 1. The lowest BCUT2D eigenvalue weighted by molar-refractivity contribution is -0.147. The Morgan fingerprint density at radius 1 is 1.27 bits per heavy atom. The van der Waals surface area contributed by atoms with Crippen LogP contribution in [0.5, 0.6) is 0 Å². The Hall–Kier alpha value is -0.550. The first kappa shape index (κ1) is 19.5. The van der Waals surface area contributed by atoms with Crippen LogP contribution in [0, 0.1) is 5.92 Å². The van der Waals surface area contributed by atoms with E-state index in [9.17, 15) is 4.79 Å². The molecule has 4 nitrogen and oxygen atoms in total. The number of hydrogen-bond donors (Lipinski definition) is 1. The minimum absolute atomic E-state index is 0. The Balaban J connectivity index is 0.00000242. The molecule has 1 heterocycles. The largest absolute Gasteiger partial charge is 0.460 e. The maximum Gasteiger partial charge on any atom is 0.323 e. The molecule has 1 aromatic rings. The van der Waals surface area contributed by atoms with Gasteiger partial charge in [-0.1, -0.05) is 55.3 Å². The maximum absolute atomic E-state index is 11.9. The van der Waals surface area contributed by atoms with E-state index < -0.39 is 6.04 Å². The van der Waals surface area contributed by atoms with Gasteiger partial charge in [0.2, 0.25) is 0 Å². The minimum Gasteiger partial charge on any atom is -0.460 e. The summed E-state index contributed by atoms with van der Waals surface area (Å²) < 4.78 is 5.23. The van der Waals surface area contributed by atoms with E-state index in [4.69, 9.17) is 33.7 Å². The lowest BCUT2D eigenvalue weighted by Gasteiger charge is -2.23. The van der Waals surface area contributed by atoms with Crippen LogP contribution in [0.4, 0.5) is 0 Å². The molecule has 0 amide bonds. The van der Waals surface area contributed by atoms with Gasteiger partial charge in [0.05, 0.1) is 0 Å². The fourth-order valence-electron chi connectivity index (χ4n) is 2.74. The average molecular weight is 368 g/mol. The third kappa shape index (κ3) is 6.29. The molecule has 1 saturated carbocycles. The highest BCUT2D eigenvalue weighted by Gasteiger charge is 2.22. The molecule has 0 saturated heterocycles. The smallest absolute Gasteiger partial charge is 0.323 e. The quantitative estimate of drug-likeness (QED) is 0.627. The van der Waals surface area contributed by atoms with Crippen LogP contribution in [0.3, 0.4) is 0 Å². The van der Waals surface area contributed by atoms with Crippen molar-refractivity contribution >= 4 is 41.6 Å². The van der Waals surface area contributed by atoms with Gasteiger partial charge in [0.1, 0.15) is 23.0 Å². The maximum atomic E-state index is 11.9. The van der Waals surface area contributed by atoms with Crippen LogP contribution in [0.1, 0.15) is 44.1 Å². The van der Waals surface area contributed by atoms with Crippen LogP contribution in [0.2, 0.25) is 10.3 Å². The van der Waals surface area contributed by atoms with E-state index in [1.165, 1.54) is 19.3 Å². The average Bonchev–Trinajstić information content (AvgIpc) is 2.44. The van der Waals surface area contributed by atoms with Crippen molar-refractivity contribution in [1.82, 2.24) is 4.98 Å². The van der Waals surface area contributed by atoms with Crippen LogP contribution < -0.4 is 5.73 Å². The SMILES string of the molecule is Cl.N[C@@H](CC1CCCCC1)C(=O)OCc1cc(Cl)nc(Cl)c1. The Labute approximate surface area is 147 Å². The van der Waals surface area contributed by atoms with Gasteiger partial charge in [-0.2, -0.15) is 0 Å². The summed E-state index contributed by atoms with van der Waals surface area (Å²) >= 11 is 11.6. The summed E-state index contributed by atoms with van der Waals surface area (Å²) in [6.07, 6.45) is 6.80. The Morgan fingerprint density at radius 2 is 1.86 bits per heavy atom. The summed E-state index contributed by atoms with van der Waals surface area (Å²) in [6, 6.07) is 2.68. The summed E-state index contributed by atoms with van der Waals surface area (Å²) in [4.78, 5) is 15.8. The highest BCUT2D eigenvalue weighted by molar-refractivity contribution is 6.32. The number of hydrogen-bond acceptors (Lipinski definition) is 4. The van der Waals surface area contributed by atoms with E-state index in [0.29, 0.717) is 17.9 Å². The number of halogens is 3. The van der Waals surface area contributed by atoms with E-state index in [1.807, 2.05) is 0 Å². The van der Waals surface area contributed by atoms with Gasteiger partial charge in [-0.3, -0.25) is 4.79 Å². The fourth-order valence-corrected chi connectivity index (χ4v) is 3.24. The molecule has 0 bridgehead atoms. The lowest BCUT2D eigenvalue weighted by atomic mass is 9.85. The molecule has 1 aliphatic rings. The topological polar surface area (TPSA) is 65.2 Å². The van der Waals surface area contributed by atoms with Crippen LogP contribution in [0.15, 0.2) is 12.1 Å². The van der Waals surface area contributed by atoms with E-state index >= 15 is 0 Å². The number of carbonyl (C=O) groups excluding carboxylic acids is 1. The minimum atomic E-state index is -0.555.